The first kappa shape index (κ1) is 10.7. The van der Waals surface area contributed by atoms with Crippen LogP contribution in [0.2, 0.25) is 0 Å². The Hall–Kier alpha value is -1.82. The number of nitrogens with zero attached hydrogens (tertiary/aromatic N) is 3. The van der Waals surface area contributed by atoms with Crippen LogP contribution in [0.25, 0.3) is 0 Å². The third kappa shape index (κ3) is 2.60. The highest BCUT2D eigenvalue weighted by Crippen LogP contribution is 2.09. The van der Waals surface area contributed by atoms with Gasteiger partial charge in [-0.2, -0.15) is 5.21 Å². The minimum Gasteiger partial charge on any atom is -0.306 e. The molecule has 1 aromatic heterocycles. The molecule has 0 amide bonds. The second-order valence-corrected chi connectivity index (χ2v) is 3.50. The van der Waals surface area contributed by atoms with Gasteiger partial charge in [-0.05, 0) is 30.2 Å². The van der Waals surface area contributed by atoms with Gasteiger partial charge in [-0.25, -0.2) is 4.39 Å². The van der Waals surface area contributed by atoms with Crippen molar-refractivity contribution in [2.24, 2.45) is 0 Å². The number of nitrogens with one attached hydrogen (secondary N) is 2. The molecule has 0 aliphatic carbocycles. The van der Waals surface area contributed by atoms with Crippen LogP contribution in [0.1, 0.15) is 17.0 Å². The summed E-state index contributed by atoms with van der Waals surface area (Å²) in [7, 11) is 0. The number of aromatic nitrogens is 4. The van der Waals surface area contributed by atoms with Gasteiger partial charge in [0.05, 0.1) is 6.54 Å². The van der Waals surface area contributed by atoms with Crippen LogP contribution < -0.4 is 5.32 Å². The van der Waals surface area contributed by atoms with E-state index in [-0.39, 0.29) is 5.82 Å². The molecule has 0 saturated heterocycles. The normalized spacial score (nSPS) is 10.6. The molecule has 0 spiro atoms. The fraction of sp³-hybridized carbons (Fsp3) is 0.300. The van der Waals surface area contributed by atoms with Crippen LogP contribution in [-0.4, -0.2) is 20.6 Å². The lowest BCUT2D eigenvalue weighted by molar-refractivity contribution is 0.621. The molecule has 0 aliphatic rings. The van der Waals surface area contributed by atoms with Crippen molar-refractivity contribution in [3.8, 4) is 0 Å². The molecule has 1 heterocycles. The number of benzene rings is 1. The lowest BCUT2D eigenvalue weighted by Crippen LogP contribution is -2.14. The summed E-state index contributed by atoms with van der Waals surface area (Å²) in [4.78, 5) is 0. The van der Waals surface area contributed by atoms with Crippen molar-refractivity contribution in [1.29, 1.82) is 0 Å². The summed E-state index contributed by atoms with van der Waals surface area (Å²) in [5.41, 5.74) is 1.99. The quantitative estimate of drug-likeness (QED) is 0.806. The van der Waals surface area contributed by atoms with Crippen LogP contribution in [0.4, 0.5) is 4.39 Å². The Balaban J connectivity index is 1.90. The number of tetrazole rings is 1. The molecule has 0 atom stereocenters. The van der Waals surface area contributed by atoms with E-state index in [1.807, 2.05) is 6.92 Å². The molecule has 16 heavy (non-hydrogen) atoms. The smallest absolute Gasteiger partial charge is 0.188 e. The minimum atomic E-state index is -0.209. The molecule has 0 unspecified atom stereocenters. The fourth-order valence-corrected chi connectivity index (χ4v) is 1.42. The summed E-state index contributed by atoms with van der Waals surface area (Å²) < 4.78 is 12.8. The van der Waals surface area contributed by atoms with E-state index in [9.17, 15) is 4.39 Å². The largest absolute Gasteiger partial charge is 0.306 e. The predicted molar refractivity (Wildman–Crippen MR) is 55.9 cm³/mol. The topological polar surface area (TPSA) is 66.5 Å². The molecule has 84 valence electrons. The van der Waals surface area contributed by atoms with Crippen molar-refractivity contribution >= 4 is 0 Å². The summed E-state index contributed by atoms with van der Waals surface area (Å²) in [5.74, 6) is 0.402. The average molecular weight is 221 g/mol. The van der Waals surface area contributed by atoms with E-state index < -0.39 is 0 Å². The lowest BCUT2D eigenvalue weighted by Gasteiger charge is -2.06. The van der Waals surface area contributed by atoms with Crippen molar-refractivity contribution < 1.29 is 4.39 Å². The molecule has 2 N–H and O–H groups in total. The zero-order chi connectivity index (χ0) is 11.4. The van der Waals surface area contributed by atoms with Crippen molar-refractivity contribution in [1.82, 2.24) is 25.9 Å². The van der Waals surface area contributed by atoms with Gasteiger partial charge in [0.1, 0.15) is 5.82 Å². The summed E-state index contributed by atoms with van der Waals surface area (Å²) in [6, 6.07) is 4.75. The van der Waals surface area contributed by atoms with Gasteiger partial charge in [0.25, 0.3) is 0 Å². The van der Waals surface area contributed by atoms with Crippen LogP contribution in [0.5, 0.6) is 0 Å². The van der Waals surface area contributed by atoms with Gasteiger partial charge >= 0.3 is 0 Å². The van der Waals surface area contributed by atoms with Gasteiger partial charge in [-0.3, -0.25) is 0 Å². The molecule has 0 aliphatic heterocycles. The Kier molecular flexibility index (Phi) is 3.21. The second-order valence-electron chi connectivity index (χ2n) is 3.50. The number of hydrogen-bond donors (Lipinski definition) is 2. The Morgan fingerprint density at radius 1 is 1.38 bits per heavy atom. The molecule has 1 aromatic carbocycles. The molecular weight excluding hydrogens is 209 g/mol. The summed E-state index contributed by atoms with van der Waals surface area (Å²) in [6.45, 7) is 3.07. The molecule has 0 radical (unpaired) electrons. The third-order valence-electron chi connectivity index (χ3n) is 2.29. The second kappa shape index (κ2) is 4.80. The van der Waals surface area contributed by atoms with Crippen LogP contribution in [0.3, 0.4) is 0 Å². The first-order valence-electron chi connectivity index (χ1n) is 4.94. The van der Waals surface area contributed by atoms with Gasteiger partial charge in [0.15, 0.2) is 5.82 Å². The SMILES string of the molecule is Cc1cc(F)ccc1CNCc1nn[nH]n1. The number of hydrogen-bond acceptors (Lipinski definition) is 4. The maximum absolute atomic E-state index is 12.8. The Bertz CT molecular complexity index is 454. The highest BCUT2D eigenvalue weighted by molar-refractivity contribution is 5.26. The predicted octanol–water partition coefficient (Wildman–Crippen LogP) is 0.937. The van der Waals surface area contributed by atoms with E-state index in [0.717, 1.165) is 11.1 Å². The van der Waals surface area contributed by atoms with Crippen LogP contribution in [0, 0.1) is 12.7 Å². The zero-order valence-electron chi connectivity index (χ0n) is 8.87. The number of aryl methyl sites for hydroxylation is 1. The van der Waals surface area contributed by atoms with Gasteiger partial charge in [-0.15, -0.1) is 10.2 Å². The molecule has 0 bridgehead atoms. The highest BCUT2D eigenvalue weighted by atomic mass is 19.1. The first-order chi connectivity index (χ1) is 7.75. The van der Waals surface area contributed by atoms with E-state index in [1.165, 1.54) is 12.1 Å². The molecule has 2 rings (SSSR count). The average Bonchev–Trinajstić information content (AvgIpc) is 2.74. The zero-order valence-corrected chi connectivity index (χ0v) is 8.87. The van der Waals surface area contributed by atoms with Crippen molar-refractivity contribution in [3.05, 3.63) is 41.0 Å². The van der Waals surface area contributed by atoms with Crippen LogP contribution >= 0.6 is 0 Å². The number of H-pyrrole nitrogens is 1. The van der Waals surface area contributed by atoms with E-state index in [1.54, 1.807) is 6.07 Å². The molecule has 0 saturated carbocycles. The molecule has 6 heteroatoms. The maximum atomic E-state index is 12.8. The van der Waals surface area contributed by atoms with E-state index in [2.05, 4.69) is 25.9 Å². The van der Waals surface area contributed by atoms with Crippen molar-refractivity contribution in [3.63, 3.8) is 0 Å². The van der Waals surface area contributed by atoms with E-state index in [4.69, 9.17) is 0 Å². The number of halogens is 1. The van der Waals surface area contributed by atoms with Crippen molar-refractivity contribution in [2.45, 2.75) is 20.0 Å². The summed E-state index contributed by atoms with van der Waals surface area (Å²) in [6.07, 6.45) is 0. The molecule has 2 aromatic rings. The standard InChI is InChI=1S/C10H12FN5/c1-7-4-9(11)3-2-8(7)5-12-6-10-13-15-16-14-10/h2-4,12H,5-6H2,1H3,(H,13,14,15,16). The highest BCUT2D eigenvalue weighted by Gasteiger charge is 2.01. The third-order valence-corrected chi connectivity index (χ3v) is 2.29. The molecule has 5 nitrogen and oxygen atoms in total. The number of rotatable bonds is 4. The van der Waals surface area contributed by atoms with E-state index >= 15 is 0 Å². The Morgan fingerprint density at radius 2 is 2.25 bits per heavy atom. The van der Waals surface area contributed by atoms with Gasteiger partial charge in [-0.1, -0.05) is 11.3 Å². The monoisotopic (exact) mass is 221 g/mol. The first-order valence-corrected chi connectivity index (χ1v) is 4.94. The summed E-state index contributed by atoms with van der Waals surface area (Å²) >= 11 is 0. The fourth-order valence-electron chi connectivity index (χ4n) is 1.42. The Morgan fingerprint density at radius 3 is 2.94 bits per heavy atom. The number of aromatic amines is 1. The lowest BCUT2D eigenvalue weighted by atomic mass is 10.1. The molecular formula is C10H12FN5. The van der Waals surface area contributed by atoms with Gasteiger partial charge < -0.3 is 5.32 Å². The van der Waals surface area contributed by atoms with Crippen molar-refractivity contribution in [2.75, 3.05) is 0 Å². The maximum Gasteiger partial charge on any atom is 0.188 e. The molecule has 0 fully saturated rings. The summed E-state index contributed by atoms with van der Waals surface area (Å²) in [5, 5.41) is 16.6. The van der Waals surface area contributed by atoms with E-state index in [0.29, 0.717) is 18.9 Å². The van der Waals surface area contributed by atoms with Crippen LogP contribution in [0.15, 0.2) is 18.2 Å². The van der Waals surface area contributed by atoms with Gasteiger partial charge in [0.2, 0.25) is 0 Å². The van der Waals surface area contributed by atoms with Gasteiger partial charge in [0, 0.05) is 6.54 Å². The Labute approximate surface area is 92.1 Å². The van der Waals surface area contributed by atoms with Crippen LogP contribution in [-0.2, 0) is 13.1 Å². The minimum absolute atomic E-state index is 0.209.